The highest BCUT2D eigenvalue weighted by Gasteiger charge is 2.33. The molecule has 0 radical (unpaired) electrons. The van der Waals surface area contributed by atoms with Crippen molar-refractivity contribution >= 4 is 49.2 Å². The Morgan fingerprint density at radius 3 is 2.27 bits per heavy atom. The lowest BCUT2D eigenvalue weighted by molar-refractivity contribution is -0.245. The Bertz CT molecular complexity index is 2600. The molecule has 1 aliphatic rings. The van der Waals surface area contributed by atoms with Gasteiger partial charge < -0.3 is 19.9 Å². The Labute approximate surface area is 358 Å². The quantitative estimate of drug-likeness (QED) is 0.0872. The van der Waals surface area contributed by atoms with Crippen LogP contribution in [0.1, 0.15) is 52.2 Å². The maximum Gasteiger partial charge on any atom is 0.241 e. The molecule has 3 N–H and O–H groups in total. The summed E-state index contributed by atoms with van der Waals surface area (Å²) in [5.41, 5.74) is 8.26. The number of aliphatic hydroxyl groups is 1. The number of carbonyl (C=O) groups is 1. The van der Waals surface area contributed by atoms with Crippen molar-refractivity contribution in [2.75, 3.05) is 5.75 Å². The number of benzene rings is 6. The van der Waals surface area contributed by atoms with Gasteiger partial charge in [-0.2, -0.15) is 4.72 Å². The fourth-order valence-electron chi connectivity index (χ4n) is 7.19. The predicted molar refractivity (Wildman–Crippen MR) is 238 cm³/mol. The lowest BCUT2D eigenvalue weighted by atomic mass is 9.97. The minimum absolute atomic E-state index is 0.0222. The monoisotopic (exact) mass is 855 g/mol. The summed E-state index contributed by atoms with van der Waals surface area (Å²) in [7, 11) is -3.98. The molecule has 0 bridgehead atoms. The summed E-state index contributed by atoms with van der Waals surface area (Å²) in [6.45, 7) is 2.06. The average molecular weight is 856 g/mol. The molecule has 306 valence electrons. The lowest BCUT2D eigenvalue weighted by Gasteiger charge is -2.36. The molecule has 0 saturated carbocycles. The molecule has 1 aromatic heterocycles. The highest BCUT2D eigenvalue weighted by molar-refractivity contribution is 8.01. The van der Waals surface area contributed by atoms with Gasteiger partial charge in [0.2, 0.25) is 15.9 Å². The van der Waals surface area contributed by atoms with E-state index in [1.54, 1.807) is 47.4 Å². The van der Waals surface area contributed by atoms with Gasteiger partial charge in [-0.15, -0.1) is 11.3 Å². The Morgan fingerprint density at radius 1 is 0.817 bits per heavy atom. The van der Waals surface area contributed by atoms with Gasteiger partial charge in [0.1, 0.15) is 6.04 Å². The Hall–Kier alpha value is -5.18. The Kier molecular flexibility index (Phi) is 13.2. The predicted octanol–water partition coefficient (Wildman–Crippen LogP) is 9.31. The Morgan fingerprint density at radius 2 is 1.52 bits per heavy atom. The molecule has 12 heteroatoms. The van der Waals surface area contributed by atoms with Gasteiger partial charge in [-0.25, -0.2) is 13.4 Å². The van der Waals surface area contributed by atoms with Gasteiger partial charge in [-0.1, -0.05) is 145 Å². The highest BCUT2D eigenvalue weighted by Crippen LogP contribution is 2.41. The highest BCUT2D eigenvalue weighted by atomic mass is 32.2. The number of fused-ring (bicyclic) bond motifs is 1. The van der Waals surface area contributed by atoms with E-state index in [0.29, 0.717) is 12.2 Å². The van der Waals surface area contributed by atoms with Gasteiger partial charge >= 0.3 is 0 Å². The maximum absolute atomic E-state index is 13.8. The molecule has 1 aliphatic heterocycles. The second-order valence-corrected chi connectivity index (χ2v) is 18.8. The molecular formula is C48H45N3O6S3. The first-order chi connectivity index (χ1) is 29.2. The molecule has 4 atom stereocenters. The van der Waals surface area contributed by atoms with Crippen LogP contribution in [0.4, 0.5) is 0 Å². The topological polar surface area (TPSA) is 127 Å². The van der Waals surface area contributed by atoms with E-state index >= 15 is 0 Å². The summed E-state index contributed by atoms with van der Waals surface area (Å²) < 4.78 is 45.0. The van der Waals surface area contributed by atoms with Crippen LogP contribution in [0, 0.1) is 6.92 Å². The number of nitrogens with one attached hydrogen (secondary N) is 2. The number of hydrogen-bond acceptors (Lipinski definition) is 9. The van der Waals surface area contributed by atoms with Gasteiger partial charge in [-0.05, 0) is 71.0 Å². The summed E-state index contributed by atoms with van der Waals surface area (Å²) >= 11 is 3.38. The zero-order chi connectivity index (χ0) is 41.5. The van der Waals surface area contributed by atoms with E-state index in [-0.39, 0.29) is 36.7 Å². The van der Waals surface area contributed by atoms with Crippen LogP contribution in [-0.4, -0.2) is 42.3 Å². The summed E-state index contributed by atoms with van der Waals surface area (Å²) in [5, 5.41) is 12.6. The number of aromatic nitrogens is 1. The SMILES string of the molecule is Cc1ccc(S(=O)(=O)N[C@H](Cc2ccccc2)C(=O)NCc2ccccc2-c2ccc([C@H]3O[C@@H](CSc4nc5ccccc5s4)C[C@@H](c4ccc(CO)cc4)O3)cc2)cc1. The first-order valence-corrected chi connectivity index (χ1v) is 23.1. The van der Waals surface area contributed by atoms with Crippen LogP contribution >= 0.6 is 23.1 Å². The number of nitrogens with zero attached hydrogens (tertiary/aromatic N) is 1. The molecule has 6 aromatic carbocycles. The zero-order valence-electron chi connectivity index (χ0n) is 32.9. The van der Waals surface area contributed by atoms with Crippen molar-refractivity contribution in [3.05, 3.63) is 185 Å². The molecule has 0 aliphatic carbocycles. The van der Waals surface area contributed by atoms with Crippen LogP contribution in [0.15, 0.2) is 161 Å². The van der Waals surface area contributed by atoms with E-state index in [2.05, 4.69) is 16.1 Å². The minimum Gasteiger partial charge on any atom is -0.392 e. The smallest absolute Gasteiger partial charge is 0.241 e. The van der Waals surface area contributed by atoms with Crippen LogP contribution < -0.4 is 10.0 Å². The third-order valence-electron chi connectivity index (χ3n) is 10.5. The van der Waals surface area contributed by atoms with Gasteiger partial charge in [0.25, 0.3) is 0 Å². The average Bonchev–Trinajstić information content (AvgIpc) is 3.71. The Balaban J connectivity index is 0.978. The molecule has 1 amide bonds. The van der Waals surface area contributed by atoms with Gasteiger partial charge in [0.15, 0.2) is 10.6 Å². The minimum atomic E-state index is -3.98. The maximum atomic E-state index is 13.8. The zero-order valence-corrected chi connectivity index (χ0v) is 35.4. The van der Waals surface area contributed by atoms with Gasteiger partial charge in [-0.3, -0.25) is 4.79 Å². The molecule has 9 nitrogen and oxygen atoms in total. The number of ether oxygens (including phenoxy) is 2. The molecule has 8 rings (SSSR count). The van der Waals surface area contributed by atoms with Crippen LogP contribution in [0.2, 0.25) is 0 Å². The molecule has 1 fully saturated rings. The van der Waals surface area contributed by atoms with E-state index in [0.717, 1.165) is 59.1 Å². The molecular weight excluding hydrogens is 811 g/mol. The van der Waals surface area contributed by atoms with Crippen molar-refractivity contribution in [1.82, 2.24) is 15.0 Å². The van der Waals surface area contributed by atoms with Crippen LogP contribution in [0.3, 0.4) is 0 Å². The second kappa shape index (κ2) is 19.0. The third kappa shape index (κ3) is 10.2. The van der Waals surface area contributed by atoms with Gasteiger partial charge in [0.05, 0.1) is 33.9 Å². The summed E-state index contributed by atoms with van der Waals surface area (Å²) in [4.78, 5) is 18.7. The molecule has 0 unspecified atom stereocenters. The number of para-hydroxylation sites is 1. The van der Waals surface area contributed by atoms with E-state index in [9.17, 15) is 18.3 Å². The van der Waals surface area contributed by atoms with Crippen molar-refractivity contribution in [3.8, 4) is 11.1 Å². The van der Waals surface area contributed by atoms with E-state index < -0.39 is 28.3 Å². The third-order valence-corrected chi connectivity index (χ3v) is 14.3. The van der Waals surface area contributed by atoms with E-state index in [4.69, 9.17) is 14.5 Å². The molecule has 0 spiro atoms. The van der Waals surface area contributed by atoms with Crippen LogP contribution in [0.25, 0.3) is 21.3 Å². The van der Waals surface area contributed by atoms with Crippen LogP contribution in [-0.2, 0) is 43.9 Å². The van der Waals surface area contributed by atoms with Crippen molar-refractivity contribution in [3.63, 3.8) is 0 Å². The number of carbonyl (C=O) groups excluding carboxylic acids is 1. The number of sulfonamides is 1. The lowest BCUT2D eigenvalue weighted by Crippen LogP contribution is -2.47. The first kappa shape index (κ1) is 41.5. The summed E-state index contributed by atoms with van der Waals surface area (Å²) in [6.07, 6.45) is -0.0874. The molecule has 60 heavy (non-hydrogen) atoms. The number of aliphatic hydroxyl groups excluding tert-OH is 1. The normalized spacial score (nSPS) is 17.3. The van der Waals surface area contributed by atoms with Crippen molar-refractivity contribution in [1.29, 1.82) is 0 Å². The standard InChI is InChI=1S/C48H45N3O6S3/c1-32-15-25-40(26-16-32)60(54,55)51-43(27-33-9-3-2-4-10-33)46(53)49-29-38-11-5-6-12-41(38)35-21-23-37(24-22-35)47-56-39(28-44(57-47)36-19-17-34(30-52)18-20-36)31-58-48-50-42-13-7-8-14-45(42)59-48/h2-26,39,43-44,47,51-52H,27-31H2,1H3,(H,49,53)/t39-,43-,44+,47+/m1/s1. The first-order valence-electron chi connectivity index (χ1n) is 19.8. The second-order valence-electron chi connectivity index (χ2n) is 14.8. The number of thiazole rings is 1. The van der Waals surface area contributed by atoms with Crippen molar-refractivity contribution < 1.29 is 27.8 Å². The molecule has 7 aromatic rings. The van der Waals surface area contributed by atoms with Crippen LogP contribution in [0.5, 0.6) is 0 Å². The fourth-order valence-corrected chi connectivity index (χ4v) is 10.5. The molecule has 2 heterocycles. The number of thioether (sulfide) groups is 1. The number of amides is 1. The number of rotatable bonds is 15. The number of aryl methyl sites for hydroxylation is 1. The van der Waals surface area contributed by atoms with Crippen molar-refractivity contribution in [2.24, 2.45) is 0 Å². The summed E-state index contributed by atoms with van der Waals surface area (Å²) in [5.74, 6) is 0.282. The van der Waals surface area contributed by atoms with E-state index in [1.165, 1.54) is 0 Å². The largest absolute Gasteiger partial charge is 0.392 e. The molecule has 1 saturated heterocycles. The fraction of sp³-hybridized carbons (Fsp3) is 0.208. The van der Waals surface area contributed by atoms with E-state index in [1.807, 2.05) is 128 Å². The number of hydrogen-bond donors (Lipinski definition) is 3. The van der Waals surface area contributed by atoms with Crippen molar-refractivity contribution in [2.45, 2.75) is 66.7 Å². The summed E-state index contributed by atoms with van der Waals surface area (Å²) in [6, 6.07) is 46.8. The van der Waals surface area contributed by atoms with Gasteiger partial charge in [0, 0.05) is 24.3 Å².